The number of hydrogen-bond donors (Lipinski definition) is 0. The first-order valence-corrected chi connectivity index (χ1v) is 5.84. The molecule has 1 aliphatic rings. The standard InChI is InChI=1S/C11H16ClN3O/c1-7(2)16-10-8-4-5-15(3)6-9(8)13-11(12)14-10/h7H,4-6H2,1-3H3. The van der Waals surface area contributed by atoms with Gasteiger partial charge in [-0.1, -0.05) is 0 Å². The van der Waals surface area contributed by atoms with Crippen LogP contribution in [0.15, 0.2) is 0 Å². The van der Waals surface area contributed by atoms with Crippen LogP contribution in [0.4, 0.5) is 0 Å². The van der Waals surface area contributed by atoms with Crippen molar-refractivity contribution in [2.45, 2.75) is 32.9 Å². The molecule has 0 saturated heterocycles. The molecule has 1 aromatic rings. The quantitative estimate of drug-likeness (QED) is 0.742. The molecule has 2 rings (SSSR count). The zero-order valence-corrected chi connectivity index (χ0v) is 10.6. The molecule has 0 aliphatic carbocycles. The largest absolute Gasteiger partial charge is 0.475 e. The molecule has 0 saturated carbocycles. The van der Waals surface area contributed by atoms with Crippen LogP contribution in [0.25, 0.3) is 0 Å². The summed E-state index contributed by atoms with van der Waals surface area (Å²) in [5, 5.41) is 0.268. The average Bonchev–Trinajstić information content (AvgIpc) is 2.15. The highest BCUT2D eigenvalue weighted by Crippen LogP contribution is 2.26. The van der Waals surface area contributed by atoms with Crippen LogP contribution in [-0.4, -0.2) is 34.6 Å². The van der Waals surface area contributed by atoms with Crippen molar-refractivity contribution < 1.29 is 4.74 Å². The summed E-state index contributed by atoms with van der Waals surface area (Å²) in [6.45, 7) is 5.78. The highest BCUT2D eigenvalue weighted by Gasteiger charge is 2.21. The molecule has 1 aromatic heterocycles. The lowest BCUT2D eigenvalue weighted by molar-refractivity contribution is 0.223. The maximum absolute atomic E-state index is 5.89. The third-order valence-electron chi connectivity index (χ3n) is 2.54. The van der Waals surface area contributed by atoms with E-state index in [1.807, 2.05) is 13.8 Å². The summed E-state index contributed by atoms with van der Waals surface area (Å²) in [5.74, 6) is 0.651. The number of ether oxygens (including phenoxy) is 1. The molecular weight excluding hydrogens is 226 g/mol. The second kappa shape index (κ2) is 4.55. The molecule has 2 heterocycles. The van der Waals surface area contributed by atoms with Crippen molar-refractivity contribution in [1.29, 1.82) is 0 Å². The van der Waals surface area contributed by atoms with Gasteiger partial charge in [0.05, 0.1) is 11.8 Å². The number of aromatic nitrogens is 2. The fraction of sp³-hybridized carbons (Fsp3) is 0.636. The van der Waals surface area contributed by atoms with E-state index in [1.54, 1.807) is 0 Å². The molecule has 0 spiro atoms. The molecule has 0 N–H and O–H groups in total. The van der Waals surface area contributed by atoms with Crippen LogP contribution in [0.1, 0.15) is 25.1 Å². The minimum absolute atomic E-state index is 0.106. The first kappa shape index (κ1) is 11.6. The van der Waals surface area contributed by atoms with Crippen LogP contribution in [-0.2, 0) is 13.0 Å². The van der Waals surface area contributed by atoms with E-state index in [1.165, 1.54) is 0 Å². The van der Waals surface area contributed by atoms with E-state index in [0.29, 0.717) is 5.88 Å². The molecule has 0 fully saturated rings. The van der Waals surface area contributed by atoms with Crippen molar-refractivity contribution in [3.05, 3.63) is 16.5 Å². The molecule has 5 heteroatoms. The van der Waals surface area contributed by atoms with E-state index < -0.39 is 0 Å². The van der Waals surface area contributed by atoms with Gasteiger partial charge < -0.3 is 9.64 Å². The molecular formula is C11H16ClN3O. The molecule has 88 valence electrons. The Bertz CT molecular complexity index is 395. The van der Waals surface area contributed by atoms with Crippen LogP contribution in [0.5, 0.6) is 5.88 Å². The first-order valence-electron chi connectivity index (χ1n) is 5.46. The number of nitrogens with zero attached hydrogens (tertiary/aromatic N) is 3. The first-order chi connectivity index (χ1) is 7.56. The Hall–Kier alpha value is -0.870. The fourth-order valence-electron chi connectivity index (χ4n) is 1.82. The van der Waals surface area contributed by atoms with Crippen LogP contribution in [0.3, 0.4) is 0 Å². The van der Waals surface area contributed by atoms with E-state index in [9.17, 15) is 0 Å². The Kier molecular flexibility index (Phi) is 3.30. The van der Waals surface area contributed by atoms with Gasteiger partial charge in [0.1, 0.15) is 0 Å². The van der Waals surface area contributed by atoms with Crippen LogP contribution >= 0.6 is 11.6 Å². The predicted molar refractivity (Wildman–Crippen MR) is 62.8 cm³/mol. The van der Waals surface area contributed by atoms with Gasteiger partial charge in [-0.05, 0) is 38.9 Å². The minimum Gasteiger partial charge on any atom is -0.475 e. The minimum atomic E-state index is 0.106. The second-order valence-corrected chi connectivity index (χ2v) is 4.72. The van der Waals surface area contributed by atoms with Crippen LogP contribution < -0.4 is 4.74 Å². The monoisotopic (exact) mass is 241 g/mol. The van der Waals surface area contributed by atoms with Crippen LogP contribution in [0.2, 0.25) is 5.28 Å². The van der Waals surface area contributed by atoms with Crippen molar-refractivity contribution in [2.75, 3.05) is 13.6 Å². The number of rotatable bonds is 2. The Morgan fingerprint density at radius 2 is 2.12 bits per heavy atom. The molecule has 0 amide bonds. The fourth-order valence-corrected chi connectivity index (χ4v) is 2.00. The number of halogens is 1. The Morgan fingerprint density at radius 3 is 2.81 bits per heavy atom. The molecule has 16 heavy (non-hydrogen) atoms. The summed E-state index contributed by atoms with van der Waals surface area (Å²) < 4.78 is 5.67. The van der Waals surface area contributed by atoms with E-state index >= 15 is 0 Å². The van der Waals surface area contributed by atoms with Gasteiger partial charge in [-0.15, -0.1) is 0 Å². The van der Waals surface area contributed by atoms with E-state index in [0.717, 1.165) is 30.8 Å². The smallest absolute Gasteiger partial charge is 0.225 e. The van der Waals surface area contributed by atoms with Gasteiger partial charge in [0.25, 0.3) is 0 Å². The Balaban J connectivity index is 2.37. The lowest BCUT2D eigenvalue weighted by Crippen LogP contribution is -2.28. The van der Waals surface area contributed by atoms with E-state index in [-0.39, 0.29) is 11.4 Å². The normalized spacial score (nSPS) is 16.3. The molecule has 0 radical (unpaired) electrons. The van der Waals surface area contributed by atoms with Gasteiger partial charge in [-0.25, -0.2) is 4.98 Å². The molecule has 0 aromatic carbocycles. The van der Waals surface area contributed by atoms with Crippen molar-refractivity contribution in [2.24, 2.45) is 0 Å². The summed E-state index contributed by atoms with van der Waals surface area (Å²) in [6, 6.07) is 0. The predicted octanol–water partition coefficient (Wildman–Crippen LogP) is 1.91. The lowest BCUT2D eigenvalue weighted by atomic mass is 10.1. The zero-order chi connectivity index (χ0) is 11.7. The van der Waals surface area contributed by atoms with Gasteiger partial charge >= 0.3 is 0 Å². The van der Waals surface area contributed by atoms with E-state index in [4.69, 9.17) is 16.3 Å². The molecule has 0 unspecified atom stereocenters. The highest BCUT2D eigenvalue weighted by atomic mass is 35.5. The van der Waals surface area contributed by atoms with Gasteiger partial charge in [-0.2, -0.15) is 4.98 Å². The Labute approximate surface area is 101 Å². The summed E-state index contributed by atoms with van der Waals surface area (Å²) in [5.41, 5.74) is 2.10. The van der Waals surface area contributed by atoms with Gasteiger partial charge in [-0.3, -0.25) is 0 Å². The Morgan fingerprint density at radius 1 is 1.38 bits per heavy atom. The molecule has 4 nitrogen and oxygen atoms in total. The SMILES string of the molecule is CC(C)Oc1nc(Cl)nc2c1CCN(C)C2. The van der Waals surface area contributed by atoms with Crippen LogP contribution in [0, 0.1) is 0 Å². The van der Waals surface area contributed by atoms with E-state index in [2.05, 4.69) is 21.9 Å². The summed E-state index contributed by atoms with van der Waals surface area (Å²) >= 11 is 5.89. The van der Waals surface area contributed by atoms with Gasteiger partial charge in [0.15, 0.2) is 0 Å². The maximum Gasteiger partial charge on any atom is 0.225 e. The highest BCUT2D eigenvalue weighted by molar-refractivity contribution is 6.28. The number of hydrogen-bond acceptors (Lipinski definition) is 4. The summed E-state index contributed by atoms with van der Waals surface area (Å²) in [7, 11) is 2.07. The summed E-state index contributed by atoms with van der Waals surface area (Å²) in [6.07, 6.45) is 1.03. The van der Waals surface area contributed by atoms with Gasteiger partial charge in [0.2, 0.25) is 11.2 Å². The van der Waals surface area contributed by atoms with Crippen molar-refractivity contribution in [3.8, 4) is 5.88 Å². The van der Waals surface area contributed by atoms with Crippen molar-refractivity contribution in [3.63, 3.8) is 0 Å². The molecule has 0 bridgehead atoms. The topological polar surface area (TPSA) is 38.3 Å². The maximum atomic E-state index is 5.89. The number of likely N-dealkylation sites (N-methyl/N-ethyl adjacent to an activating group) is 1. The zero-order valence-electron chi connectivity index (χ0n) is 9.83. The van der Waals surface area contributed by atoms with Crippen molar-refractivity contribution >= 4 is 11.6 Å². The van der Waals surface area contributed by atoms with Gasteiger partial charge in [0, 0.05) is 18.7 Å². The van der Waals surface area contributed by atoms with Crippen molar-refractivity contribution in [1.82, 2.24) is 14.9 Å². The molecule has 0 atom stereocenters. The average molecular weight is 242 g/mol. The molecule has 1 aliphatic heterocycles. The summed E-state index contributed by atoms with van der Waals surface area (Å²) in [4.78, 5) is 10.6. The number of fused-ring (bicyclic) bond motifs is 1. The lowest BCUT2D eigenvalue weighted by Gasteiger charge is -2.25. The second-order valence-electron chi connectivity index (χ2n) is 4.38. The third-order valence-corrected chi connectivity index (χ3v) is 2.71. The third kappa shape index (κ3) is 2.44.